The summed E-state index contributed by atoms with van der Waals surface area (Å²) in [6, 6.07) is 17.8. The molecule has 4 aromatic rings. The molecule has 3 nitrogen and oxygen atoms in total. The van der Waals surface area contributed by atoms with Gasteiger partial charge >= 0.3 is 0 Å². The molecule has 4 rings (SSSR count). The van der Waals surface area contributed by atoms with E-state index in [1.807, 2.05) is 54.7 Å². The second kappa shape index (κ2) is 4.72. The lowest BCUT2D eigenvalue weighted by molar-refractivity contribution is 0.607. The zero-order chi connectivity index (χ0) is 14.2. The molecule has 0 aliphatic rings. The van der Waals surface area contributed by atoms with E-state index in [0.717, 1.165) is 33.0 Å². The first kappa shape index (κ1) is 12.1. The molecule has 2 aromatic carbocycles. The third kappa shape index (κ3) is 1.99. The van der Waals surface area contributed by atoms with E-state index in [2.05, 4.69) is 11.1 Å². The molecule has 2 heterocycles. The maximum absolute atomic E-state index is 6.42. The van der Waals surface area contributed by atoms with Crippen LogP contribution in [0.4, 0.5) is 0 Å². The van der Waals surface area contributed by atoms with Gasteiger partial charge in [-0.15, -0.1) is 0 Å². The molecule has 0 fully saturated rings. The van der Waals surface area contributed by atoms with Crippen molar-refractivity contribution < 1.29 is 4.42 Å². The molecule has 0 saturated carbocycles. The van der Waals surface area contributed by atoms with Crippen molar-refractivity contribution in [2.24, 2.45) is 5.73 Å². The van der Waals surface area contributed by atoms with Crippen molar-refractivity contribution in [2.75, 3.05) is 0 Å². The molecule has 2 aromatic heterocycles. The van der Waals surface area contributed by atoms with E-state index in [0.29, 0.717) is 0 Å². The Bertz CT molecular complexity index is 926. The van der Waals surface area contributed by atoms with Gasteiger partial charge in [-0.05, 0) is 23.8 Å². The Hall–Kier alpha value is -2.65. The Kier molecular flexibility index (Phi) is 2.72. The number of hydrogen-bond acceptors (Lipinski definition) is 3. The van der Waals surface area contributed by atoms with Gasteiger partial charge in [0.15, 0.2) is 0 Å². The fourth-order valence-corrected chi connectivity index (χ4v) is 2.68. The Morgan fingerprint density at radius 2 is 1.81 bits per heavy atom. The maximum atomic E-state index is 6.42. The minimum atomic E-state index is -0.245. The molecule has 1 unspecified atom stereocenters. The van der Waals surface area contributed by atoms with Crippen LogP contribution in [0.15, 0.2) is 71.5 Å². The summed E-state index contributed by atoms with van der Waals surface area (Å²) in [5.41, 5.74) is 10.2. The average Bonchev–Trinajstić information content (AvgIpc) is 2.98. The van der Waals surface area contributed by atoms with E-state index in [4.69, 9.17) is 10.2 Å². The van der Waals surface area contributed by atoms with Crippen LogP contribution in [0.5, 0.6) is 0 Å². The van der Waals surface area contributed by atoms with E-state index in [-0.39, 0.29) is 6.04 Å². The third-order valence-corrected chi connectivity index (χ3v) is 3.82. The van der Waals surface area contributed by atoms with Crippen LogP contribution in [0.3, 0.4) is 0 Å². The van der Waals surface area contributed by atoms with Crippen LogP contribution in [0, 0.1) is 0 Å². The highest BCUT2D eigenvalue weighted by Crippen LogP contribution is 2.29. The SMILES string of the molecule is NC(c1cnc2ccccc2c1)c1coc2ccccc12. The quantitative estimate of drug-likeness (QED) is 0.600. The second-order valence-corrected chi connectivity index (χ2v) is 5.13. The summed E-state index contributed by atoms with van der Waals surface area (Å²) in [5.74, 6) is 0. The topological polar surface area (TPSA) is 52.0 Å². The predicted octanol–water partition coefficient (Wildman–Crippen LogP) is 4.03. The van der Waals surface area contributed by atoms with Gasteiger partial charge < -0.3 is 10.2 Å². The van der Waals surface area contributed by atoms with Crippen LogP contribution in [-0.2, 0) is 0 Å². The van der Waals surface area contributed by atoms with Crippen molar-refractivity contribution in [1.29, 1.82) is 0 Å². The van der Waals surface area contributed by atoms with Crippen LogP contribution < -0.4 is 5.73 Å². The Morgan fingerprint density at radius 3 is 2.76 bits per heavy atom. The summed E-state index contributed by atoms with van der Waals surface area (Å²) in [6.45, 7) is 0. The van der Waals surface area contributed by atoms with Crippen LogP contribution in [-0.4, -0.2) is 4.98 Å². The molecule has 0 aliphatic heterocycles. The van der Waals surface area contributed by atoms with E-state index in [9.17, 15) is 0 Å². The number of rotatable bonds is 2. The zero-order valence-electron chi connectivity index (χ0n) is 11.4. The Balaban J connectivity index is 1.83. The van der Waals surface area contributed by atoms with Gasteiger partial charge in [0.05, 0.1) is 17.8 Å². The number of pyridine rings is 1. The fraction of sp³-hybridized carbons (Fsp3) is 0.0556. The summed E-state index contributed by atoms with van der Waals surface area (Å²) in [4.78, 5) is 4.48. The molecular weight excluding hydrogens is 260 g/mol. The summed E-state index contributed by atoms with van der Waals surface area (Å²) in [7, 11) is 0. The fourth-order valence-electron chi connectivity index (χ4n) is 2.68. The van der Waals surface area contributed by atoms with Crippen molar-refractivity contribution in [3.05, 3.63) is 78.2 Å². The minimum Gasteiger partial charge on any atom is -0.464 e. The molecule has 1 atom stereocenters. The van der Waals surface area contributed by atoms with Crippen molar-refractivity contribution >= 4 is 21.9 Å². The number of benzene rings is 2. The lowest BCUT2D eigenvalue weighted by Crippen LogP contribution is -2.11. The first-order chi connectivity index (χ1) is 10.3. The van der Waals surface area contributed by atoms with Gasteiger partial charge in [-0.3, -0.25) is 4.98 Å². The highest BCUT2D eigenvalue weighted by atomic mass is 16.3. The van der Waals surface area contributed by atoms with E-state index >= 15 is 0 Å². The standard InChI is InChI=1S/C18H14N2O/c19-18(15-11-21-17-8-4-2-6-14(15)17)13-9-12-5-1-3-7-16(12)20-10-13/h1-11,18H,19H2. The van der Waals surface area contributed by atoms with Crippen LogP contribution in [0.2, 0.25) is 0 Å². The molecule has 0 bridgehead atoms. The van der Waals surface area contributed by atoms with Crippen molar-refractivity contribution in [2.45, 2.75) is 6.04 Å². The summed E-state index contributed by atoms with van der Waals surface area (Å²) < 4.78 is 5.58. The monoisotopic (exact) mass is 274 g/mol. The van der Waals surface area contributed by atoms with Gasteiger partial charge in [0.2, 0.25) is 0 Å². The highest BCUT2D eigenvalue weighted by molar-refractivity contribution is 5.83. The Morgan fingerprint density at radius 1 is 1.00 bits per heavy atom. The molecular formula is C18H14N2O. The number of para-hydroxylation sites is 2. The second-order valence-electron chi connectivity index (χ2n) is 5.13. The van der Waals surface area contributed by atoms with Gasteiger partial charge in [0, 0.05) is 22.5 Å². The Labute approximate surface area is 122 Å². The molecule has 3 heteroatoms. The summed E-state index contributed by atoms with van der Waals surface area (Å²) in [5, 5.41) is 2.15. The molecule has 0 amide bonds. The summed E-state index contributed by atoms with van der Waals surface area (Å²) in [6.07, 6.45) is 3.58. The molecule has 102 valence electrons. The number of aromatic nitrogens is 1. The van der Waals surface area contributed by atoms with E-state index in [1.165, 1.54) is 0 Å². The minimum absolute atomic E-state index is 0.245. The molecule has 0 spiro atoms. The highest BCUT2D eigenvalue weighted by Gasteiger charge is 2.15. The van der Waals surface area contributed by atoms with Crippen molar-refractivity contribution in [3.8, 4) is 0 Å². The molecule has 0 aliphatic carbocycles. The van der Waals surface area contributed by atoms with Gasteiger partial charge in [0.25, 0.3) is 0 Å². The van der Waals surface area contributed by atoms with Crippen molar-refractivity contribution in [1.82, 2.24) is 4.98 Å². The lowest BCUT2D eigenvalue weighted by atomic mass is 9.99. The predicted molar refractivity (Wildman–Crippen MR) is 84.0 cm³/mol. The molecule has 0 radical (unpaired) electrons. The zero-order valence-corrected chi connectivity index (χ0v) is 11.4. The first-order valence-electron chi connectivity index (χ1n) is 6.89. The number of nitrogens with two attached hydrogens (primary N) is 1. The van der Waals surface area contributed by atoms with E-state index in [1.54, 1.807) is 6.26 Å². The number of hydrogen-bond donors (Lipinski definition) is 1. The number of fused-ring (bicyclic) bond motifs is 2. The smallest absolute Gasteiger partial charge is 0.134 e. The maximum Gasteiger partial charge on any atom is 0.134 e. The third-order valence-electron chi connectivity index (χ3n) is 3.82. The number of nitrogens with zero attached hydrogens (tertiary/aromatic N) is 1. The van der Waals surface area contributed by atoms with Crippen LogP contribution in [0.25, 0.3) is 21.9 Å². The van der Waals surface area contributed by atoms with Gasteiger partial charge in [0.1, 0.15) is 5.58 Å². The molecule has 2 N–H and O–H groups in total. The van der Waals surface area contributed by atoms with Crippen molar-refractivity contribution in [3.63, 3.8) is 0 Å². The lowest BCUT2D eigenvalue weighted by Gasteiger charge is -2.11. The summed E-state index contributed by atoms with van der Waals surface area (Å²) >= 11 is 0. The largest absolute Gasteiger partial charge is 0.464 e. The van der Waals surface area contributed by atoms with Gasteiger partial charge in [-0.1, -0.05) is 36.4 Å². The molecule has 0 saturated heterocycles. The van der Waals surface area contributed by atoms with Crippen LogP contribution >= 0.6 is 0 Å². The van der Waals surface area contributed by atoms with E-state index < -0.39 is 0 Å². The van der Waals surface area contributed by atoms with Crippen LogP contribution in [0.1, 0.15) is 17.2 Å². The first-order valence-corrected chi connectivity index (χ1v) is 6.89. The average molecular weight is 274 g/mol. The van der Waals surface area contributed by atoms with Gasteiger partial charge in [-0.25, -0.2) is 0 Å². The normalized spacial score (nSPS) is 12.8. The van der Waals surface area contributed by atoms with Gasteiger partial charge in [-0.2, -0.15) is 0 Å². The number of furan rings is 1. The molecule has 21 heavy (non-hydrogen) atoms.